The molecule has 1 aromatic carbocycles. The van der Waals surface area contributed by atoms with Crippen LogP contribution in [0.4, 0.5) is 0 Å². The molecule has 0 radical (unpaired) electrons. The first kappa shape index (κ1) is 12.8. The average molecular weight is 236 g/mol. The number of benzene rings is 1. The molecular weight excluding hydrogens is 224 g/mol. The summed E-state index contributed by atoms with van der Waals surface area (Å²) in [7, 11) is 0. The zero-order valence-corrected chi connectivity index (χ0v) is 9.12. The van der Waals surface area contributed by atoms with Gasteiger partial charge in [-0.1, -0.05) is 24.3 Å². The molecule has 0 saturated heterocycles. The Morgan fingerprint density at radius 2 is 1.59 bits per heavy atom. The number of phenols is 1. The molecule has 0 saturated carbocycles. The van der Waals surface area contributed by atoms with Crippen molar-refractivity contribution in [2.75, 3.05) is 0 Å². The maximum absolute atomic E-state index is 10.9. The molecule has 0 aliphatic heterocycles. The minimum absolute atomic E-state index is 0.0846. The Hall–Kier alpha value is -2.30. The van der Waals surface area contributed by atoms with Gasteiger partial charge in [-0.3, -0.25) is 9.59 Å². The van der Waals surface area contributed by atoms with Crippen LogP contribution in [0.1, 0.15) is 12.5 Å². The van der Waals surface area contributed by atoms with E-state index in [9.17, 15) is 9.59 Å². The van der Waals surface area contributed by atoms with E-state index in [1.54, 1.807) is 12.1 Å². The van der Waals surface area contributed by atoms with E-state index >= 15 is 0 Å². The number of hydrogen-bond acceptors (Lipinski definition) is 3. The number of phenolic OH excluding ortho intramolecular Hbond substituents is 1. The quantitative estimate of drug-likeness (QED) is 0.690. The topological polar surface area (TPSA) is 94.8 Å². The second-order valence-electron chi connectivity index (χ2n) is 3.74. The summed E-state index contributed by atoms with van der Waals surface area (Å²) in [6, 6.07) is 5.96. The maximum atomic E-state index is 10.9. The normalized spacial score (nSPS) is 11.6. The molecule has 0 aromatic heterocycles. The van der Waals surface area contributed by atoms with Crippen LogP contribution >= 0.6 is 0 Å². The van der Waals surface area contributed by atoms with Crippen molar-refractivity contribution in [3.63, 3.8) is 0 Å². The first-order valence-corrected chi connectivity index (χ1v) is 4.81. The molecule has 0 fully saturated rings. The fraction of sp³-hybridized carbons (Fsp3) is 0.167. The van der Waals surface area contributed by atoms with E-state index in [4.69, 9.17) is 15.3 Å². The van der Waals surface area contributed by atoms with E-state index in [0.29, 0.717) is 5.56 Å². The standard InChI is InChI=1S/C12H12O5/c1-12(10(14)15,11(16)17)7-6-8-2-4-9(13)5-3-8/h2-7,13H,1H3,(H,14,15)(H,16,17). The van der Waals surface area contributed by atoms with Crippen molar-refractivity contribution in [3.8, 4) is 5.75 Å². The Kier molecular flexibility index (Phi) is 3.52. The van der Waals surface area contributed by atoms with Crippen molar-refractivity contribution in [1.82, 2.24) is 0 Å². The van der Waals surface area contributed by atoms with Gasteiger partial charge in [0.1, 0.15) is 5.75 Å². The molecule has 0 aliphatic rings. The maximum Gasteiger partial charge on any atom is 0.324 e. The van der Waals surface area contributed by atoms with Gasteiger partial charge < -0.3 is 15.3 Å². The summed E-state index contributed by atoms with van der Waals surface area (Å²) in [5.74, 6) is -2.78. The average Bonchev–Trinajstić information content (AvgIpc) is 2.27. The number of carbonyl (C=O) groups is 2. The lowest BCUT2D eigenvalue weighted by Gasteiger charge is -2.14. The molecule has 0 amide bonds. The summed E-state index contributed by atoms with van der Waals surface area (Å²) in [5, 5.41) is 26.8. The zero-order chi connectivity index (χ0) is 13.1. The third-order valence-electron chi connectivity index (χ3n) is 2.39. The molecule has 5 nitrogen and oxygen atoms in total. The van der Waals surface area contributed by atoms with Crippen LogP contribution in [-0.2, 0) is 9.59 Å². The molecule has 0 unspecified atom stereocenters. The lowest BCUT2D eigenvalue weighted by Crippen LogP contribution is -2.34. The Morgan fingerprint density at radius 3 is 2.00 bits per heavy atom. The third kappa shape index (κ3) is 2.84. The minimum Gasteiger partial charge on any atom is -0.508 e. The lowest BCUT2D eigenvalue weighted by molar-refractivity contribution is -0.159. The number of carboxylic acid groups (broad SMARTS) is 2. The molecule has 5 heteroatoms. The van der Waals surface area contributed by atoms with Gasteiger partial charge in [0.05, 0.1) is 0 Å². The third-order valence-corrected chi connectivity index (χ3v) is 2.39. The predicted octanol–water partition coefficient (Wildman–Crippen LogP) is 1.58. The van der Waals surface area contributed by atoms with Gasteiger partial charge in [0.2, 0.25) is 0 Å². The van der Waals surface area contributed by atoms with Crippen LogP contribution in [0.2, 0.25) is 0 Å². The monoisotopic (exact) mass is 236 g/mol. The number of rotatable bonds is 4. The SMILES string of the molecule is CC(C=Cc1ccc(O)cc1)(C(=O)O)C(=O)O. The smallest absolute Gasteiger partial charge is 0.324 e. The van der Waals surface area contributed by atoms with Gasteiger partial charge in [0.25, 0.3) is 0 Å². The second-order valence-corrected chi connectivity index (χ2v) is 3.74. The Morgan fingerprint density at radius 1 is 1.12 bits per heavy atom. The van der Waals surface area contributed by atoms with Gasteiger partial charge in [0.15, 0.2) is 5.41 Å². The molecular formula is C12H12O5. The summed E-state index contributed by atoms with van der Waals surface area (Å²) in [6.07, 6.45) is 2.49. The molecule has 3 N–H and O–H groups in total. The molecule has 0 spiro atoms. The van der Waals surface area contributed by atoms with E-state index in [2.05, 4.69) is 0 Å². The lowest BCUT2D eigenvalue weighted by atomic mass is 9.90. The highest BCUT2D eigenvalue weighted by atomic mass is 16.4. The number of aromatic hydroxyl groups is 1. The molecule has 0 atom stereocenters. The number of aliphatic carboxylic acids is 2. The van der Waals surface area contributed by atoms with Crippen LogP contribution in [0.15, 0.2) is 30.3 Å². The first-order chi connectivity index (χ1) is 7.86. The molecule has 17 heavy (non-hydrogen) atoms. The molecule has 0 aliphatic carbocycles. The van der Waals surface area contributed by atoms with Crippen LogP contribution in [0.3, 0.4) is 0 Å². The first-order valence-electron chi connectivity index (χ1n) is 4.81. The minimum atomic E-state index is -1.96. The number of hydrogen-bond donors (Lipinski definition) is 3. The summed E-state index contributed by atoms with van der Waals surface area (Å²) in [4.78, 5) is 21.7. The van der Waals surface area contributed by atoms with E-state index in [1.165, 1.54) is 18.2 Å². The van der Waals surface area contributed by atoms with Crippen LogP contribution < -0.4 is 0 Å². The second kappa shape index (κ2) is 4.69. The van der Waals surface area contributed by atoms with E-state index < -0.39 is 17.4 Å². The van der Waals surface area contributed by atoms with E-state index in [0.717, 1.165) is 13.0 Å². The van der Waals surface area contributed by atoms with Crippen molar-refractivity contribution in [2.45, 2.75) is 6.92 Å². The fourth-order valence-electron chi connectivity index (χ4n) is 1.08. The molecule has 0 bridgehead atoms. The fourth-order valence-corrected chi connectivity index (χ4v) is 1.08. The zero-order valence-electron chi connectivity index (χ0n) is 9.12. The highest BCUT2D eigenvalue weighted by Gasteiger charge is 2.38. The summed E-state index contributed by atoms with van der Waals surface area (Å²) >= 11 is 0. The number of carboxylic acids is 2. The van der Waals surface area contributed by atoms with Gasteiger partial charge in [-0.15, -0.1) is 0 Å². The van der Waals surface area contributed by atoms with Crippen molar-refractivity contribution in [1.29, 1.82) is 0 Å². The Labute approximate surface area is 97.6 Å². The largest absolute Gasteiger partial charge is 0.508 e. The van der Waals surface area contributed by atoms with Crippen molar-refractivity contribution in [3.05, 3.63) is 35.9 Å². The Balaban J connectivity index is 2.99. The Bertz CT molecular complexity index is 444. The van der Waals surface area contributed by atoms with Gasteiger partial charge >= 0.3 is 11.9 Å². The van der Waals surface area contributed by atoms with Gasteiger partial charge in [0, 0.05) is 0 Å². The van der Waals surface area contributed by atoms with Gasteiger partial charge in [-0.25, -0.2) is 0 Å². The highest BCUT2D eigenvalue weighted by Crippen LogP contribution is 2.21. The van der Waals surface area contributed by atoms with Gasteiger partial charge in [-0.2, -0.15) is 0 Å². The summed E-state index contributed by atoms with van der Waals surface area (Å²) in [5.41, 5.74) is -1.35. The predicted molar refractivity (Wildman–Crippen MR) is 60.5 cm³/mol. The summed E-state index contributed by atoms with van der Waals surface area (Å²) in [6.45, 7) is 1.11. The molecule has 1 rings (SSSR count). The van der Waals surface area contributed by atoms with Crippen molar-refractivity contribution < 1.29 is 24.9 Å². The van der Waals surface area contributed by atoms with Crippen molar-refractivity contribution in [2.24, 2.45) is 5.41 Å². The molecule has 0 heterocycles. The van der Waals surface area contributed by atoms with Crippen LogP contribution in [0, 0.1) is 5.41 Å². The van der Waals surface area contributed by atoms with Crippen LogP contribution in [0.5, 0.6) is 5.75 Å². The van der Waals surface area contributed by atoms with E-state index in [-0.39, 0.29) is 5.75 Å². The molecule has 90 valence electrons. The van der Waals surface area contributed by atoms with Crippen LogP contribution in [0.25, 0.3) is 6.08 Å². The van der Waals surface area contributed by atoms with E-state index in [1.807, 2.05) is 0 Å². The van der Waals surface area contributed by atoms with Crippen molar-refractivity contribution >= 4 is 18.0 Å². The van der Waals surface area contributed by atoms with Gasteiger partial charge in [-0.05, 0) is 24.6 Å². The summed E-state index contributed by atoms with van der Waals surface area (Å²) < 4.78 is 0. The van der Waals surface area contributed by atoms with Crippen LogP contribution in [-0.4, -0.2) is 27.3 Å². The highest BCUT2D eigenvalue weighted by molar-refractivity contribution is 6.00. The molecule has 1 aromatic rings.